The minimum Gasteiger partial charge on any atom is -0.478 e. The van der Waals surface area contributed by atoms with Crippen LogP contribution in [-0.2, 0) is 10.3 Å². The number of hydrogen-bond acceptors (Lipinski definition) is 4. The van der Waals surface area contributed by atoms with Crippen LogP contribution in [-0.4, -0.2) is 28.2 Å². The number of ether oxygens (including phenoxy) is 1. The topological polar surface area (TPSA) is 72.3 Å². The summed E-state index contributed by atoms with van der Waals surface area (Å²) in [7, 11) is 1.66. The average Bonchev–Trinajstić information content (AvgIpc) is 2.78. The maximum Gasteiger partial charge on any atom is 0.339 e. The van der Waals surface area contributed by atoms with Gasteiger partial charge in [0, 0.05) is 13.3 Å². The SMILES string of the molecule is COC1(c2ncc(C(=O)O)c(C)n2)CCCC1. The van der Waals surface area contributed by atoms with Crippen molar-refractivity contribution in [3.8, 4) is 0 Å². The van der Waals surface area contributed by atoms with Gasteiger partial charge in [0.25, 0.3) is 0 Å². The molecule has 0 aromatic carbocycles. The summed E-state index contributed by atoms with van der Waals surface area (Å²) in [6.45, 7) is 1.69. The van der Waals surface area contributed by atoms with E-state index in [4.69, 9.17) is 9.84 Å². The molecule has 1 fully saturated rings. The number of nitrogens with zero attached hydrogens (tertiary/aromatic N) is 2. The summed E-state index contributed by atoms with van der Waals surface area (Å²) in [4.78, 5) is 19.4. The Morgan fingerprint density at radius 2 is 2.12 bits per heavy atom. The van der Waals surface area contributed by atoms with Crippen LogP contribution in [0.25, 0.3) is 0 Å². The van der Waals surface area contributed by atoms with Crippen LogP contribution in [0.2, 0.25) is 0 Å². The molecule has 0 unspecified atom stereocenters. The summed E-state index contributed by atoms with van der Waals surface area (Å²) in [5, 5.41) is 8.93. The van der Waals surface area contributed by atoms with Gasteiger partial charge < -0.3 is 9.84 Å². The van der Waals surface area contributed by atoms with Crippen molar-refractivity contribution in [2.45, 2.75) is 38.2 Å². The molecule has 92 valence electrons. The quantitative estimate of drug-likeness (QED) is 0.867. The molecule has 5 nitrogen and oxygen atoms in total. The number of aromatic carboxylic acids is 1. The van der Waals surface area contributed by atoms with Crippen molar-refractivity contribution < 1.29 is 14.6 Å². The van der Waals surface area contributed by atoms with Gasteiger partial charge in [0.2, 0.25) is 0 Å². The van der Waals surface area contributed by atoms with Gasteiger partial charge in [0.1, 0.15) is 5.60 Å². The maximum atomic E-state index is 10.9. The van der Waals surface area contributed by atoms with E-state index in [-0.39, 0.29) is 5.56 Å². The molecule has 0 bridgehead atoms. The minimum atomic E-state index is -0.994. The van der Waals surface area contributed by atoms with E-state index in [9.17, 15) is 4.79 Å². The summed E-state index contributed by atoms with van der Waals surface area (Å²) in [5.41, 5.74) is 0.228. The van der Waals surface area contributed by atoms with Gasteiger partial charge in [-0.2, -0.15) is 0 Å². The number of hydrogen-bond donors (Lipinski definition) is 1. The van der Waals surface area contributed by atoms with E-state index in [1.165, 1.54) is 6.20 Å². The number of carboxylic acids is 1. The molecule has 1 N–H and O–H groups in total. The Bertz CT molecular complexity index is 439. The third kappa shape index (κ3) is 2.02. The van der Waals surface area contributed by atoms with Crippen LogP contribution in [0.15, 0.2) is 6.20 Å². The fourth-order valence-electron chi connectivity index (χ4n) is 2.36. The highest BCUT2D eigenvalue weighted by Crippen LogP contribution is 2.39. The third-order valence-electron chi connectivity index (χ3n) is 3.42. The molecule has 5 heteroatoms. The Morgan fingerprint density at radius 1 is 1.47 bits per heavy atom. The number of carboxylic acid groups (broad SMARTS) is 1. The lowest BCUT2D eigenvalue weighted by atomic mass is 10.0. The normalized spacial score (nSPS) is 18.2. The van der Waals surface area contributed by atoms with Crippen molar-refractivity contribution in [2.24, 2.45) is 0 Å². The Morgan fingerprint density at radius 3 is 2.59 bits per heavy atom. The molecule has 1 aromatic rings. The lowest BCUT2D eigenvalue weighted by molar-refractivity contribution is -0.0165. The Hall–Kier alpha value is -1.49. The standard InChI is InChI=1S/C12H16N2O3/c1-8-9(10(15)16)7-13-11(14-8)12(17-2)5-3-4-6-12/h7H,3-6H2,1-2H3,(H,15,16). The first-order chi connectivity index (χ1) is 8.09. The predicted molar refractivity (Wildman–Crippen MR) is 60.9 cm³/mol. The van der Waals surface area contributed by atoms with Crippen LogP contribution in [0.3, 0.4) is 0 Å². The Labute approximate surface area is 99.9 Å². The van der Waals surface area contributed by atoms with Crippen LogP contribution >= 0.6 is 0 Å². The summed E-state index contributed by atoms with van der Waals surface area (Å²) >= 11 is 0. The monoisotopic (exact) mass is 236 g/mol. The second kappa shape index (κ2) is 4.41. The number of rotatable bonds is 3. The van der Waals surface area contributed by atoms with E-state index in [0.717, 1.165) is 25.7 Å². The predicted octanol–water partition coefficient (Wildman–Crippen LogP) is 1.90. The van der Waals surface area contributed by atoms with Crippen molar-refractivity contribution >= 4 is 5.97 Å². The first kappa shape index (κ1) is 12.0. The molecule has 0 atom stereocenters. The second-order valence-corrected chi connectivity index (χ2v) is 4.40. The highest BCUT2D eigenvalue weighted by molar-refractivity contribution is 5.88. The molecule has 2 rings (SSSR count). The van der Waals surface area contributed by atoms with Crippen molar-refractivity contribution in [2.75, 3.05) is 7.11 Å². The van der Waals surface area contributed by atoms with Gasteiger partial charge in [-0.3, -0.25) is 0 Å². The van der Waals surface area contributed by atoms with E-state index in [1.54, 1.807) is 14.0 Å². The van der Waals surface area contributed by atoms with E-state index in [2.05, 4.69) is 9.97 Å². The smallest absolute Gasteiger partial charge is 0.339 e. The van der Waals surface area contributed by atoms with E-state index >= 15 is 0 Å². The summed E-state index contributed by atoms with van der Waals surface area (Å²) in [6.07, 6.45) is 5.36. The lowest BCUT2D eigenvalue weighted by Crippen LogP contribution is -2.28. The zero-order valence-electron chi connectivity index (χ0n) is 10.1. The lowest BCUT2D eigenvalue weighted by Gasteiger charge is -2.25. The first-order valence-electron chi connectivity index (χ1n) is 5.71. The molecule has 1 heterocycles. The highest BCUT2D eigenvalue weighted by Gasteiger charge is 2.38. The van der Waals surface area contributed by atoms with Crippen molar-refractivity contribution in [3.63, 3.8) is 0 Å². The van der Waals surface area contributed by atoms with Gasteiger partial charge in [-0.15, -0.1) is 0 Å². The third-order valence-corrected chi connectivity index (χ3v) is 3.42. The van der Waals surface area contributed by atoms with Crippen molar-refractivity contribution in [1.82, 2.24) is 9.97 Å². The van der Waals surface area contributed by atoms with Crippen molar-refractivity contribution in [3.05, 3.63) is 23.3 Å². The average molecular weight is 236 g/mol. The minimum absolute atomic E-state index is 0.151. The molecule has 1 saturated carbocycles. The number of aromatic nitrogens is 2. The number of methoxy groups -OCH3 is 1. The van der Waals surface area contributed by atoms with E-state index < -0.39 is 11.6 Å². The number of aryl methyl sites for hydroxylation is 1. The van der Waals surface area contributed by atoms with Crippen LogP contribution in [0, 0.1) is 6.92 Å². The van der Waals surface area contributed by atoms with Crippen LogP contribution in [0.1, 0.15) is 47.6 Å². The van der Waals surface area contributed by atoms with Gasteiger partial charge in [0.05, 0.1) is 11.3 Å². The molecule has 0 amide bonds. The molecule has 0 aliphatic heterocycles. The molecule has 17 heavy (non-hydrogen) atoms. The van der Waals surface area contributed by atoms with Gasteiger partial charge >= 0.3 is 5.97 Å². The van der Waals surface area contributed by atoms with Gasteiger partial charge in [0.15, 0.2) is 5.82 Å². The molecule has 0 radical (unpaired) electrons. The molecule has 1 aromatic heterocycles. The molecule has 0 saturated heterocycles. The zero-order valence-corrected chi connectivity index (χ0v) is 10.1. The largest absolute Gasteiger partial charge is 0.478 e. The summed E-state index contributed by atoms with van der Waals surface area (Å²) in [5.74, 6) is -0.382. The summed E-state index contributed by atoms with van der Waals surface area (Å²) in [6, 6.07) is 0. The van der Waals surface area contributed by atoms with Crippen LogP contribution < -0.4 is 0 Å². The second-order valence-electron chi connectivity index (χ2n) is 4.40. The van der Waals surface area contributed by atoms with E-state index in [1.807, 2.05) is 0 Å². The fraction of sp³-hybridized carbons (Fsp3) is 0.583. The number of carbonyl (C=O) groups is 1. The molecule has 1 aliphatic rings. The van der Waals surface area contributed by atoms with Gasteiger partial charge in [-0.25, -0.2) is 14.8 Å². The Balaban J connectivity index is 2.40. The molecule has 0 spiro atoms. The molecular formula is C12H16N2O3. The molecular weight excluding hydrogens is 220 g/mol. The van der Waals surface area contributed by atoms with E-state index in [0.29, 0.717) is 11.5 Å². The highest BCUT2D eigenvalue weighted by atomic mass is 16.5. The van der Waals surface area contributed by atoms with Crippen LogP contribution in [0.4, 0.5) is 0 Å². The maximum absolute atomic E-state index is 10.9. The first-order valence-corrected chi connectivity index (χ1v) is 5.71. The van der Waals surface area contributed by atoms with Gasteiger partial charge in [-0.1, -0.05) is 0 Å². The summed E-state index contributed by atoms with van der Waals surface area (Å²) < 4.78 is 5.57. The Kier molecular flexibility index (Phi) is 3.11. The van der Waals surface area contributed by atoms with Crippen molar-refractivity contribution in [1.29, 1.82) is 0 Å². The zero-order chi connectivity index (χ0) is 12.5. The fourth-order valence-corrected chi connectivity index (χ4v) is 2.36. The van der Waals surface area contributed by atoms with Crippen LogP contribution in [0.5, 0.6) is 0 Å². The van der Waals surface area contributed by atoms with Gasteiger partial charge in [-0.05, 0) is 32.6 Å². The molecule has 1 aliphatic carbocycles.